The molecule has 4 aromatic rings. The van der Waals surface area contributed by atoms with Crippen LogP contribution in [0.1, 0.15) is 10.4 Å². The Morgan fingerprint density at radius 3 is 2.83 bits per heavy atom. The lowest BCUT2D eigenvalue weighted by molar-refractivity contribution is 0.112. The second-order valence-electron chi connectivity index (χ2n) is 4.95. The summed E-state index contributed by atoms with van der Waals surface area (Å²) in [6.45, 7) is 0. The maximum atomic E-state index is 10.9. The van der Waals surface area contributed by atoms with E-state index in [2.05, 4.69) is 20.5 Å². The number of aldehydes is 1. The third-order valence-corrected chi connectivity index (χ3v) is 3.52. The van der Waals surface area contributed by atoms with E-state index in [1.54, 1.807) is 22.7 Å². The van der Waals surface area contributed by atoms with Crippen molar-refractivity contribution in [1.82, 2.24) is 25.0 Å². The van der Waals surface area contributed by atoms with E-state index in [-0.39, 0.29) is 5.88 Å². The zero-order valence-electron chi connectivity index (χ0n) is 12.6. The third kappa shape index (κ3) is 2.21. The number of hydrogen-bond donors (Lipinski definition) is 0. The van der Waals surface area contributed by atoms with Crippen LogP contribution in [0.5, 0.6) is 17.4 Å². The molecule has 0 unspecified atom stereocenters. The summed E-state index contributed by atoms with van der Waals surface area (Å²) in [5.74, 6) is 1.08. The Kier molecular flexibility index (Phi) is 3.27. The third-order valence-electron chi connectivity index (χ3n) is 3.52. The number of nitrogens with zero attached hydrogens (tertiary/aromatic N) is 5. The number of carbonyl (C=O) groups is 1. The van der Waals surface area contributed by atoms with Crippen LogP contribution in [0, 0.1) is 0 Å². The van der Waals surface area contributed by atoms with Crippen molar-refractivity contribution in [1.29, 1.82) is 0 Å². The van der Waals surface area contributed by atoms with E-state index >= 15 is 0 Å². The molecule has 0 saturated heterocycles. The first-order chi connectivity index (χ1) is 11.8. The number of fused-ring (bicyclic) bond motifs is 3. The molecule has 2 heterocycles. The molecule has 24 heavy (non-hydrogen) atoms. The minimum Gasteiger partial charge on any atom is -0.493 e. The van der Waals surface area contributed by atoms with Gasteiger partial charge < -0.3 is 9.47 Å². The van der Waals surface area contributed by atoms with Gasteiger partial charge in [0.25, 0.3) is 5.88 Å². The summed E-state index contributed by atoms with van der Waals surface area (Å²) in [6, 6.07) is 12.3. The number of aromatic nitrogens is 5. The van der Waals surface area contributed by atoms with E-state index in [0.717, 1.165) is 11.8 Å². The molecule has 0 aliphatic rings. The van der Waals surface area contributed by atoms with Crippen LogP contribution in [-0.2, 0) is 0 Å². The molecule has 8 heteroatoms. The average Bonchev–Trinajstić information content (AvgIpc) is 3.12. The molecule has 0 spiro atoms. The lowest BCUT2D eigenvalue weighted by atomic mass is 10.2. The zero-order chi connectivity index (χ0) is 16.5. The minimum absolute atomic E-state index is 0.246. The number of tetrazole rings is 1. The van der Waals surface area contributed by atoms with Crippen molar-refractivity contribution in [2.75, 3.05) is 7.11 Å². The number of benzene rings is 2. The molecule has 0 amide bonds. The monoisotopic (exact) mass is 321 g/mol. The quantitative estimate of drug-likeness (QED) is 0.532. The molecule has 0 radical (unpaired) electrons. The largest absolute Gasteiger partial charge is 0.493 e. The summed E-state index contributed by atoms with van der Waals surface area (Å²) < 4.78 is 12.7. The molecule has 0 fully saturated rings. The standard InChI is InChI=1S/C16H11N5O3/c1-23-14-8-10(9-22)6-7-13(14)24-16-15-18-19-20-21(15)12-5-3-2-4-11(12)17-16/h2-9H,1H3. The zero-order valence-corrected chi connectivity index (χ0v) is 12.6. The Balaban J connectivity index is 1.87. The second-order valence-corrected chi connectivity index (χ2v) is 4.95. The van der Waals surface area contributed by atoms with Crippen LogP contribution in [0.2, 0.25) is 0 Å². The van der Waals surface area contributed by atoms with Gasteiger partial charge in [0.1, 0.15) is 6.29 Å². The average molecular weight is 321 g/mol. The van der Waals surface area contributed by atoms with Crippen LogP contribution in [0.3, 0.4) is 0 Å². The van der Waals surface area contributed by atoms with Crippen LogP contribution in [0.25, 0.3) is 16.7 Å². The van der Waals surface area contributed by atoms with Gasteiger partial charge >= 0.3 is 0 Å². The molecule has 8 nitrogen and oxygen atoms in total. The molecular weight excluding hydrogens is 310 g/mol. The highest BCUT2D eigenvalue weighted by molar-refractivity contribution is 5.79. The first kappa shape index (κ1) is 14.1. The predicted octanol–water partition coefficient (Wildman–Crippen LogP) is 2.29. The van der Waals surface area contributed by atoms with Gasteiger partial charge in [-0.2, -0.15) is 4.52 Å². The molecule has 2 aromatic heterocycles. The number of methoxy groups -OCH3 is 1. The molecule has 0 atom stereocenters. The topological polar surface area (TPSA) is 91.5 Å². The summed E-state index contributed by atoms with van der Waals surface area (Å²) >= 11 is 0. The molecule has 0 aliphatic heterocycles. The molecule has 0 N–H and O–H groups in total. The van der Waals surface area contributed by atoms with Gasteiger partial charge in [-0.1, -0.05) is 12.1 Å². The fraction of sp³-hybridized carbons (Fsp3) is 0.0625. The van der Waals surface area contributed by atoms with Crippen molar-refractivity contribution < 1.29 is 14.3 Å². The summed E-state index contributed by atoms with van der Waals surface area (Å²) in [7, 11) is 1.50. The fourth-order valence-corrected chi connectivity index (χ4v) is 2.39. The summed E-state index contributed by atoms with van der Waals surface area (Å²) in [4.78, 5) is 15.4. The van der Waals surface area contributed by atoms with E-state index in [1.807, 2.05) is 24.3 Å². The number of ether oxygens (including phenoxy) is 2. The van der Waals surface area contributed by atoms with Gasteiger partial charge in [0.15, 0.2) is 11.5 Å². The highest BCUT2D eigenvalue weighted by Gasteiger charge is 2.15. The van der Waals surface area contributed by atoms with E-state index < -0.39 is 0 Å². The van der Waals surface area contributed by atoms with Crippen molar-refractivity contribution in [2.45, 2.75) is 0 Å². The molecular formula is C16H11N5O3. The highest BCUT2D eigenvalue weighted by Crippen LogP contribution is 2.33. The first-order valence-electron chi connectivity index (χ1n) is 7.08. The van der Waals surface area contributed by atoms with Gasteiger partial charge in [0, 0.05) is 5.56 Å². The Hall–Kier alpha value is -3.55. The Morgan fingerprint density at radius 1 is 1.12 bits per heavy atom. The van der Waals surface area contributed by atoms with Gasteiger partial charge in [-0.15, -0.1) is 5.10 Å². The smallest absolute Gasteiger partial charge is 0.268 e. The normalized spacial score (nSPS) is 10.9. The SMILES string of the molecule is COc1cc(C=O)ccc1Oc1nc2ccccc2n2nnnc12. The predicted molar refractivity (Wildman–Crippen MR) is 84.5 cm³/mol. The van der Waals surface area contributed by atoms with E-state index in [1.165, 1.54) is 7.11 Å². The second kappa shape index (κ2) is 5.58. The number of para-hydroxylation sites is 2. The Labute approximate surface area is 135 Å². The van der Waals surface area contributed by atoms with Crippen LogP contribution in [0.15, 0.2) is 42.5 Å². The van der Waals surface area contributed by atoms with Crippen molar-refractivity contribution in [3.8, 4) is 17.4 Å². The number of carbonyl (C=O) groups excluding carboxylic acids is 1. The van der Waals surface area contributed by atoms with Crippen molar-refractivity contribution in [3.05, 3.63) is 48.0 Å². The molecule has 0 saturated carbocycles. The summed E-state index contributed by atoms with van der Waals surface area (Å²) in [6.07, 6.45) is 0.737. The molecule has 0 bridgehead atoms. The van der Waals surface area contributed by atoms with Gasteiger partial charge in [-0.05, 0) is 40.8 Å². The van der Waals surface area contributed by atoms with E-state index in [0.29, 0.717) is 28.2 Å². The summed E-state index contributed by atoms with van der Waals surface area (Å²) in [5, 5.41) is 11.6. The molecule has 118 valence electrons. The number of hydrogen-bond acceptors (Lipinski definition) is 7. The lowest BCUT2D eigenvalue weighted by Gasteiger charge is -2.11. The lowest BCUT2D eigenvalue weighted by Crippen LogP contribution is -1.99. The van der Waals surface area contributed by atoms with E-state index in [4.69, 9.17) is 9.47 Å². The Bertz CT molecular complexity index is 1060. The van der Waals surface area contributed by atoms with Crippen LogP contribution < -0.4 is 9.47 Å². The van der Waals surface area contributed by atoms with Crippen LogP contribution in [-0.4, -0.2) is 38.4 Å². The van der Waals surface area contributed by atoms with Crippen LogP contribution >= 0.6 is 0 Å². The van der Waals surface area contributed by atoms with Crippen molar-refractivity contribution >= 4 is 23.0 Å². The molecule has 2 aromatic carbocycles. The first-order valence-corrected chi connectivity index (χ1v) is 7.08. The summed E-state index contributed by atoms with van der Waals surface area (Å²) in [5.41, 5.74) is 2.33. The van der Waals surface area contributed by atoms with Crippen molar-refractivity contribution in [2.24, 2.45) is 0 Å². The van der Waals surface area contributed by atoms with Gasteiger partial charge in [0.05, 0.1) is 18.1 Å². The van der Waals surface area contributed by atoms with Crippen molar-refractivity contribution in [3.63, 3.8) is 0 Å². The van der Waals surface area contributed by atoms with Gasteiger partial charge in [-0.3, -0.25) is 4.79 Å². The maximum Gasteiger partial charge on any atom is 0.268 e. The highest BCUT2D eigenvalue weighted by atomic mass is 16.5. The molecule has 4 rings (SSSR count). The van der Waals surface area contributed by atoms with Gasteiger partial charge in [0.2, 0.25) is 5.65 Å². The number of rotatable bonds is 4. The van der Waals surface area contributed by atoms with Gasteiger partial charge in [-0.25, -0.2) is 4.98 Å². The van der Waals surface area contributed by atoms with Crippen LogP contribution in [0.4, 0.5) is 0 Å². The molecule has 0 aliphatic carbocycles. The Morgan fingerprint density at radius 2 is 2.00 bits per heavy atom. The maximum absolute atomic E-state index is 10.9. The van der Waals surface area contributed by atoms with E-state index in [9.17, 15) is 4.79 Å². The fourth-order valence-electron chi connectivity index (χ4n) is 2.39. The minimum atomic E-state index is 0.246.